The van der Waals surface area contributed by atoms with Gasteiger partial charge in [0.05, 0.1) is 6.10 Å². The van der Waals surface area contributed by atoms with Gasteiger partial charge in [0, 0.05) is 6.20 Å². The van der Waals surface area contributed by atoms with E-state index < -0.39 is 0 Å². The lowest BCUT2D eigenvalue weighted by molar-refractivity contribution is 0.297. The van der Waals surface area contributed by atoms with Crippen molar-refractivity contribution in [3.63, 3.8) is 0 Å². The van der Waals surface area contributed by atoms with Gasteiger partial charge in [-0.2, -0.15) is 0 Å². The van der Waals surface area contributed by atoms with Crippen LogP contribution in [0.25, 0.3) is 0 Å². The Kier molecular flexibility index (Phi) is 2.05. The monoisotopic (exact) mass is 227 g/mol. The summed E-state index contributed by atoms with van der Waals surface area (Å²) in [5, 5.41) is 0. The van der Waals surface area contributed by atoms with Gasteiger partial charge in [-0.15, -0.1) is 0 Å². The third-order valence-electron chi connectivity index (χ3n) is 1.87. The Morgan fingerprint density at radius 3 is 2.92 bits per heavy atom. The van der Waals surface area contributed by atoms with Crippen LogP contribution < -0.4 is 4.74 Å². The van der Waals surface area contributed by atoms with Crippen LogP contribution in [0.4, 0.5) is 0 Å². The smallest absolute Gasteiger partial charge is 0.155 e. The number of halogens is 1. The van der Waals surface area contributed by atoms with Crippen molar-refractivity contribution in [2.75, 3.05) is 0 Å². The van der Waals surface area contributed by atoms with Crippen LogP contribution in [0.3, 0.4) is 0 Å². The lowest BCUT2D eigenvalue weighted by atomic mass is 10.3. The van der Waals surface area contributed by atoms with Crippen molar-refractivity contribution in [3.05, 3.63) is 22.4 Å². The number of pyridine rings is 1. The highest BCUT2D eigenvalue weighted by molar-refractivity contribution is 9.10. The molecule has 1 heterocycles. The molecule has 0 aliphatic heterocycles. The number of hydrogen-bond donors (Lipinski definition) is 0. The van der Waals surface area contributed by atoms with Gasteiger partial charge in [-0.1, -0.05) is 0 Å². The number of nitrogens with zero attached hydrogens (tertiary/aromatic N) is 1. The van der Waals surface area contributed by atoms with E-state index >= 15 is 0 Å². The molecule has 2 nitrogen and oxygen atoms in total. The molecule has 0 unspecified atom stereocenters. The maximum absolute atomic E-state index is 5.68. The molecule has 0 radical (unpaired) electrons. The van der Waals surface area contributed by atoms with Crippen LogP contribution in [0.15, 0.2) is 16.9 Å². The van der Waals surface area contributed by atoms with E-state index in [2.05, 4.69) is 20.9 Å². The predicted octanol–water partition coefficient (Wildman–Crippen LogP) is 2.69. The average Bonchev–Trinajstić information content (AvgIpc) is 2.80. The Morgan fingerprint density at radius 1 is 1.58 bits per heavy atom. The van der Waals surface area contributed by atoms with Crippen molar-refractivity contribution < 1.29 is 4.74 Å². The normalized spacial score (nSPS) is 16.2. The molecule has 0 atom stereocenters. The van der Waals surface area contributed by atoms with Crippen LogP contribution in [0.1, 0.15) is 18.4 Å². The highest BCUT2D eigenvalue weighted by Gasteiger charge is 2.25. The van der Waals surface area contributed by atoms with Crippen LogP contribution in [0, 0.1) is 6.92 Å². The largest absolute Gasteiger partial charge is 0.487 e. The van der Waals surface area contributed by atoms with Crippen LogP contribution in [-0.2, 0) is 0 Å². The second-order valence-electron chi connectivity index (χ2n) is 3.06. The minimum atomic E-state index is 0.434. The summed E-state index contributed by atoms with van der Waals surface area (Å²) in [5.74, 6) is 0.903. The van der Waals surface area contributed by atoms with Crippen molar-refractivity contribution in [2.24, 2.45) is 0 Å². The molecule has 0 bridgehead atoms. The first-order chi connectivity index (χ1) is 5.77. The van der Waals surface area contributed by atoms with Crippen LogP contribution in [0.5, 0.6) is 5.75 Å². The maximum Gasteiger partial charge on any atom is 0.155 e. The summed E-state index contributed by atoms with van der Waals surface area (Å²) in [5.41, 5.74) is 1.14. The third-order valence-corrected chi connectivity index (χ3v) is 2.43. The van der Waals surface area contributed by atoms with Crippen molar-refractivity contribution >= 4 is 15.9 Å². The van der Waals surface area contributed by atoms with Crippen LogP contribution in [-0.4, -0.2) is 11.1 Å². The van der Waals surface area contributed by atoms with Gasteiger partial charge in [0.1, 0.15) is 4.60 Å². The molecule has 0 spiro atoms. The quantitative estimate of drug-likeness (QED) is 0.726. The predicted molar refractivity (Wildman–Crippen MR) is 50.3 cm³/mol. The Labute approximate surface area is 80.1 Å². The third kappa shape index (κ3) is 1.61. The standard InChI is InChI=1S/C9H10BrNO/c1-6-4-5-11-9(10)8(6)12-7-2-3-7/h4-5,7H,2-3H2,1H3. The number of aromatic nitrogens is 1. The topological polar surface area (TPSA) is 22.1 Å². The Morgan fingerprint density at radius 2 is 2.33 bits per heavy atom. The molecule has 0 amide bonds. The zero-order valence-electron chi connectivity index (χ0n) is 6.88. The molecular formula is C9H10BrNO. The number of hydrogen-bond acceptors (Lipinski definition) is 2. The molecule has 3 heteroatoms. The maximum atomic E-state index is 5.68. The fraction of sp³-hybridized carbons (Fsp3) is 0.444. The Balaban J connectivity index is 2.26. The number of aryl methyl sites for hydroxylation is 1. The molecule has 1 saturated carbocycles. The van der Waals surface area contributed by atoms with E-state index in [1.54, 1.807) is 6.20 Å². The van der Waals surface area contributed by atoms with E-state index in [9.17, 15) is 0 Å². The molecule has 12 heavy (non-hydrogen) atoms. The van der Waals surface area contributed by atoms with Gasteiger partial charge in [-0.25, -0.2) is 4.98 Å². The van der Waals surface area contributed by atoms with Crippen LogP contribution >= 0.6 is 15.9 Å². The average molecular weight is 228 g/mol. The highest BCUT2D eigenvalue weighted by atomic mass is 79.9. The van der Waals surface area contributed by atoms with Crippen molar-refractivity contribution in [1.29, 1.82) is 0 Å². The highest BCUT2D eigenvalue weighted by Crippen LogP contribution is 2.32. The number of rotatable bonds is 2. The zero-order valence-corrected chi connectivity index (χ0v) is 8.47. The Hall–Kier alpha value is -0.570. The van der Waals surface area contributed by atoms with E-state index in [1.165, 1.54) is 12.8 Å². The molecule has 1 aromatic heterocycles. The molecule has 2 rings (SSSR count). The molecule has 64 valence electrons. The second kappa shape index (κ2) is 3.05. The summed E-state index contributed by atoms with van der Waals surface area (Å²) in [7, 11) is 0. The fourth-order valence-electron chi connectivity index (χ4n) is 1.01. The lowest BCUT2D eigenvalue weighted by Gasteiger charge is -2.08. The summed E-state index contributed by atoms with van der Waals surface area (Å²) in [6, 6.07) is 1.96. The van der Waals surface area contributed by atoms with Gasteiger partial charge in [-0.3, -0.25) is 0 Å². The SMILES string of the molecule is Cc1ccnc(Br)c1OC1CC1. The second-order valence-corrected chi connectivity index (χ2v) is 3.82. The summed E-state index contributed by atoms with van der Waals surface area (Å²) in [6.45, 7) is 2.03. The number of ether oxygens (including phenoxy) is 1. The minimum absolute atomic E-state index is 0.434. The molecule has 1 aliphatic rings. The Bertz CT molecular complexity index is 276. The van der Waals surface area contributed by atoms with Gasteiger partial charge in [0.2, 0.25) is 0 Å². The summed E-state index contributed by atoms with van der Waals surface area (Å²) in [4.78, 5) is 4.11. The minimum Gasteiger partial charge on any atom is -0.487 e. The summed E-state index contributed by atoms with van der Waals surface area (Å²) in [6.07, 6.45) is 4.57. The molecule has 0 saturated heterocycles. The van der Waals surface area contributed by atoms with E-state index in [0.29, 0.717) is 6.10 Å². The van der Waals surface area contributed by atoms with Gasteiger partial charge in [0.25, 0.3) is 0 Å². The van der Waals surface area contributed by atoms with Crippen molar-refractivity contribution in [3.8, 4) is 5.75 Å². The van der Waals surface area contributed by atoms with Crippen LogP contribution in [0.2, 0.25) is 0 Å². The van der Waals surface area contributed by atoms with E-state index in [0.717, 1.165) is 15.9 Å². The first-order valence-corrected chi connectivity index (χ1v) is 4.84. The van der Waals surface area contributed by atoms with Gasteiger partial charge >= 0.3 is 0 Å². The first kappa shape index (κ1) is 8.05. The zero-order chi connectivity index (χ0) is 8.55. The first-order valence-electron chi connectivity index (χ1n) is 4.05. The van der Waals surface area contributed by atoms with Gasteiger partial charge in [-0.05, 0) is 47.3 Å². The van der Waals surface area contributed by atoms with Gasteiger partial charge < -0.3 is 4.74 Å². The van der Waals surface area contributed by atoms with E-state index in [-0.39, 0.29) is 0 Å². The molecule has 0 N–H and O–H groups in total. The molecular weight excluding hydrogens is 218 g/mol. The van der Waals surface area contributed by atoms with E-state index in [4.69, 9.17) is 4.74 Å². The van der Waals surface area contributed by atoms with Crippen molar-refractivity contribution in [2.45, 2.75) is 25.9 Å². The lowest BCUT2D eigenvalue weighted by Crippen LogP contribution is -1.99. The summed E-state index contributed by atoms with van der Waals surface area (Å²) < 4.78 is 6.49. The fourth-order valence-corrected chi connectivity index (χ4v) is 1.53. The molecule has 0 aromatic carbocycles. The van der Waals surface area contributed by atoms with E-state index in [1.807, 2.05) is 13.0 Å². The van der Waals surface area contributed by atoms with Crippen molar-refractivity contribution in [1.82, 2.24) is 4.98 Å². The molecule has 1 fully saturated rings. The van der Waals surface area contributed by atoms with Gasteiger partial charge in [0.15, 0.2) is 5.75 Å². The molecule has 1 aromatic rings. The summed E-state index contributed by atoms with van der Waals surface area (Å²) >= 11 is 3.37. The molecule has 1 aliphatic carbocycles.